The van der Waals surface area contributed by atoms with E-state index in [0.29, 0.717) is 0 Å². The van der Waals surface area contributed by atoms with E-state index in [0.717, 1.165) is 54.8 Å². The highest BCUT2D eigenvalue weighted by molar-refractivity contribution is 5.32. The van der Waals surface area contributed by atoms with Crippen LogP contribution >= 0.6 is 0 Å². The van der Waals surface area contributed by atoms with E-state index in [1.54, 1.807) is 7.11 Å². The lowest BCUT2D eigenvalue weighted by atomic mass is 9.81. The second-order valence-corrected chi connectivity index (χ2v) is 6.07. The van der Waals surface area contributed by atoms with Gasteiger partial charge in [-0.2, -0.15) is 0 Å². The van der Waals surface area contributed by atoms with E-state index in [1.165, 1.54) is 0 Å². The van der Waals surface area contributed by atoms with Crippen LogP contribution in [0.25, 0.3) is 0 Å². The monoisotopic (exact) mass is 264 g/mol. The normalized spacial score (nSPS) is 37.9. The summed E-state index contributed by atoms with van der Waals surface area (Å²) in [6, 6.07) is 7.73. The van der Waals surface area contributed by atoms with Crippen molar-refractivity contribution in [2.45, 2.75) is 24.5 Å². The molecule has 4 nitrogen and oxygen atoms in total. The van der Waals surface area contributed by atoms with Crippen LogP contribution in [-0.2, 0) is 5.60 Å². The van der Waals surface area contributed by atoms with Crippen molar-refractivity contribution in [1.82, 2.24) is 0 Å². The van der Waals surface area contributed by atoms with Crippen molar-refractivity contribution >= 4 is 0 Å². The minimum Gasteiger partial charge on any atom is -0.497 e. The SMILES string of the molecule is COc1cccc(C2(O)CC[N+]3(CC2)CC(O)C3)c1. The number of rotatable bonds is 2. The molecule has 1 aromatic carbocycles. The number of aliphatic hydroxyl groups excluding tert-OH is 1. The lowest BCUT2D eigenvalue weighted by Gasteiger charge is -2.53. The molecule has 0 unspecified atom stereocenters. The fourth-order valence-electron chi connectivity index (χ4n) is 3.49. The number of quaternary nitrogens is 1. The number of benzene rings is 1. The summed E-state index contributed by atoms with van der Waals surface area (Å²) in [5, 5.41) is 20.3. The van der Waals surface area contributed by atoms with Gasteiger partial charge in [0.15, 0.2) is 6.10 Å². The lowest BCUT2D eigenvalue weighted by Crippen LogP contribution is -2.70. The van der Waals surface area contributed by atoms with Gasteiger partial charge in [0.05, 0.1) is 20.2 Å². The van der Waals surface area contributed by atoms with Gasteiger partial charge in [-0.3, -0.25) is 0 Å². The summed E-state index contributed by atoms with van der Waals surface area (Å²) in [7, 11) is 1.64. The Hall–Kier alpha value is -1.10. The zero-order valence-electron chi connectivity index (χ0n) is 11.4. The molecule has 2 aliphatic heterocycles. The highest BCUT2D eigenvalue weighted by atomic mass is 16.5. The smallest absolute Gasteiger partial charge is 0.152 e. The van der Waals surface area contributed by atoms with Gasteiger partial charge in [0.25, 0.3) is 0 Å². The van der Waals surface area contributed by atoms with Gasteiger partial charge in [-0.25, -0.2) is 0 Å². The summed E-state index contributed by atoms with van der Waals surface area (Å²) >= 11 is 0. The minimum atomic E-state index is -0.738. The largest absolute Gasteiger partial charge is 0.497 e. The molecule has 2 heterocycles. The van der Waals surface area contributed by atoms with Gasteiger partial charge in [0.2, 0.25) is 0 Å². The summed E-state index contributed by atoms with van der Waals surface area (Å²) in [6.07, 6.45) is 1.38. The van der Waals surface area contributed by atoms with E-state index in [-0.39, 0.29) is 6.10 Å². The van der Waals surface area contributed by atoms with Crippen LogP contribution in [0.2, 0.25) is 0 Å². The molecule has 1 spiro atoms. The van der Waals surface area contributed by atoms with Gasteiger partial charge >= 0.3 is 0 Å². The molecule has 2 fully saturated rings. The number of methoxy groups -OCH3 is 1. The van der Waals surface area contributed by atoms with E-state index >= 15 is 0 Å². The first-order valence-corrected chi connectivity index (χ1v) is 6.95. The molecule has 104 valence electrons. The molecule has 0 bridgehead atoms. The predicted octanol–water partition coefficient (Wildman–Crippen LogP) is 0.868. The Labute approximate surface area is 113 Å². The number of hydrogen-bond donors (Lipinski definition) is 2. The highest BCUT2D eigenvalue weighted by Crippen LogP contribution is 2.39. The van der Waals surface area contributed by atoms with Crippen LogP contribution in [0.5, 0.6) is 5.75 Å². The Morgan fingerprint density at radius 1 is 1.26 bits per heavy atom. The average molecular weight is 264 g/mol. The van der Waals surface area contributed by atoms with E-state index in [1.807, 2.05) is 24.3 Å². The number of ether oxygens (including phenoxy) is 1. The van der Waals surface area contributed by atoms with Crippen LogP contribution in [0.1, 0.15) is 18.4 Å². The topological polar surface area (TPSA) is 49.7 Å². The summed E-state index contributed by atoms with van der Waals surface area (Å²) in [5.41, 5.74) is 0.212. The fourth-order valence-corrected chi connectivity index (χ4v) is 3.49. The third-order valence-corrected chi connectivity index (χ3v) is 4.80. The molecule has 2 aliphatic rings. The number of piperidine rings is 1. The molecular weight excluding hydrogens is 242 g/mol. The first-order valence-electron chi connectivity index (χ1n) is 6.95. The Bertz CT molecular complexity index is 458. The molecule has 0 radical (unpaired) electrons. The summed E-state index contributed by atoms with van der Waals surface area (Å²) < 4.78 is 6.21. The fraction of sp³-hybridized carbons (Fsp3) is 0.600. The van der Waals surface area contributed by atoms with Crippen molar-refractivity contribution in [2.75, 3.05) is 33.3 Å². The quantitative estimate of drug-likeness (QED) is 0.779. The summed E-state index contributed by atoms with van der Waals surface area (Å²) in [4.78, 5) is 0. The molecule has 1 aromatic rings. The van der Waals surface area contributed by atoms with Crippen LogP contribution in [0, 0.1) is 0 Å². The molecule has 0 atom stereocenters. The second kappa shape index (κ2) is 4.47. The first kappa shape index (κ1) is 12.9. The van der Waals surface area contributed by atoms with Gasteiger partial charge in [-0.1, -0.05) is 12.1 Å². The number of aliphatic hydroxyl groups is 2. The van der Waals surface area contributed by atoms with Crippen LogP contribution in [0.3, 0.4) is 0 Å². The summed E-state index contributed by atoms with van der Waals surface area (Å²) in [5.74, 6) is 0.791. The second-order valence-electron chi connectivity index (χ2n) is 6.07. The van der Waals surface area contributed by atoms with Crippen LogP contribution in [0.4, 0.5) is 0 Å². The third kappa shape index (κ3) is 2.24. The van der Waals surface area contributed by atoms with E-state index in [9.17, 15) is 10.2 Å². The van der Waals surface area contributed by atoms with E-state index in [4.69, 9.17) is 4.74 Å². The maximum Gasteiger partial charge on any atom is 0.152 e. The molecule has 0 aromatic heterocycles. The minimum absolute atomic E-state index is 0.136. The van der Waals surface area contributed by atoms with Crippen LogP contribution in [0.15, 0.2) is 24.3 Å². The van der Waals surface area contributed by atoms with Crippen molar-refractivity contribution in [3.8, 4) is 5.75 Å². The van der Waals surface area contributed by atoms with Gasteiger partial charge < -0.3 is 19.4 Å². The first-order chi connectivity index (χ1) is 9.05. The standard InChI is InChI=1S/C15H22NO3/c1-19-14-4-2-3-12(9-14)15(18)5-7-16(8-6-15)10-13(17)11-16/h2-4,9,13,17-18H,5-8,10-11H2,1H3/q+1. The van der Waals surface area contributed by atoms with Gasteiger partial charge in [-0.15, -0.1) is 0 Å². The van der Waals surface area contributed by atoms with Crippen molar-refractivity contribution in [3.63, 3.8) is 0 Å². The Morgan fingerprint density at radius 2 is 1.95 bits per heavy atom. The molecule has 0 amide bonds. The molecule has 0 aliphatic carbocycles. The zero-order valence-corrected chi connectivity index (χ0v) is 11.4. The van der Waals surface area contributed by atoms with E-state index < -0.39 is 5.60 Å². The van der Waals surface area contributed by atoms with Crippen LogP contribution < -0.4 is 4.74 Å². The van der Waals surface area contributed by atoms with Crippen molar-refractivity contribution in [2.24, 2.45) is 0 Å². The highest BCUT2D eigenvalue weighted by Gasteiger charge is 2.49. The molecule has 4 heteroatoms. The predicted molar refractivity (Wildman–Crippen MR) is 71.9 cm³/mol. The van der Waals surface area contributed by atoms with Gasteiger partial charge in [0, 0.05) is 12.8 Å². The van der Waals surface area contributed by atoms with E-state index in [2.05, 4.69) is 0 Å². The number of hydrogen-bond acceptors (Lipinski definition) is 3. The zero-order chi connectivity index (χ0) is 13.5. The maximum absolute atomic E-state index is 10.9. The Morgan fingerprint density at radius 3 is 2.53 bits per heavy atom. The maximum atomic E-state index is 10.9. The van der Waals surface area contributed by atoms with Crippen molar-refractivity contribution in [3.05, 3.63) is 29.8 Å². The van der Waals surface area contributed by atoms with Crippen LogP contribution in [-0.4, -0.2) is 54.1 Å². The molecule has 2 saturated heterocycles. The molecule has 19 heavy (non-hydrogen) atoms. The third-order valence-electron chi connectivity index (χ3n) is 4.80. The number of nitrogens with zero attached hydrogens (tertiary/aromatic N) is 1. The molecular formula is C15H22NO3+. The molecule has 0 saturated carbocycles. The van der Waals surface area contributed by atoms with Gasteiger partial charge in [0.1, 0.15) is 24.4 Å². The molecule has 2 N–H and O–H groups in total. The van der Waals surface area contributed by atoms with Gasteiger partial charge in [-0.05, 0) is 17.7 Å². The average Bonchev–Trinajstić information content (AvgIpc) is 2.40. The molecule has 3 rings (SSSR count). The lowest BCUT2D eigenvalue weighted by molar-refractivity contribution is -0.978. The van der Waals surface area contributed by atoms with Crippen molar-refractivity contribution < 1.29 is 19.4 Å². The van der Waals surface area contributed by atoms with Crippen molar-refractivity contribution in [1.29, 1.82) is 0 Å². The Kier molecular flexibility index (Phi) is 3.04. The Balaban J connectivity index is 1.74. The summed E-state index contributed by atoms with van der Waals surface area (Å²) in [6.45, 7) is 3.61.